The number of nitrogens with zero attached hydrogens (tertiary/aromatic N) is 1. The average Bonchev–Trinajstić information content (AvgIpc) is 2.40. The van der Waals surface area contributed by atoms with E-state index in [4.69, 9.17) is 5.11 Å². The van der Waals surface area contributed by atoms with E-state index in [1.165, 1.54) is 19.3 Å². The minimum absolute atomic E-state index is 0.0179. The number of hydrogen-bond acceptors (Lipinski definition) is 2. The van der Waals surface area contributed by atoms with Crippen molar-refractivity contribution in [2.24, 2.45) is 11.8 Å². The van der Waals surface area contributed by atoms with Gasteiger partial charge in [0, 0.05) is 19.5 Å². The van der Waals surface area contributed by atoms with Crippen molar-refractivity contribution in [2.75, 3.05) is 13.1 Å². The van der Waals surface area contributed by atoms with Crippen molar-refractivity contribution in [1.29, 1.82) is 0 Å². The second-order valence-corrected chi connectivity index (χ2v) is 4.33. The Labute approximate surface area is 82.9 Å². The van der Waals surface area contributed by atoms with E-state index in [9.17, 15) is 9.59 Å². The molecule has 1 aliphatic carbocycles. The Morgan fingerprint density at radius 2 is 2.21 bits per heavy atom. The third-order valence-electron chi connectivity index (χ3n) is 3.27. The van der Waals surface area contributed by atoms with E-state index in [1.54, 1.807) is 4.90 Å². The van der Waals surface area contributed by atoms with Crippen LogP contribution in [0.25, 0.3) is 0 Å². The van der Waals surface area contributed by atoms with Gasteiger partial charge in [-0.2, -0.15) is 0 Å². The number of hydrogen-bond donors (Lipinski definition) is 1. The molecule has 78 valence electrons. The lowest BCUT2D eigenvalue weighted by Crippen LogP contribution is -2.34. The quantitative estimate of drug-likeness (QED) is 0.725. The van der Waals surface area contributed by atoms with Crippen molar-refractivity contribution >= 4 is 11.9 Å². The minimum atomic E-state index is -0.838. The standard InChI is InChI=1S/C10H15NO3/c12-9-4-8(10(13)14)6-11(9)5-7-2-1-3-7/h7-8H,1-6H2,(H,13,14)/t8-/m1/s1. The highest BCUT2D eigenvalue weighted by molar-refractivity contribution is 5.86. The van der Waals surface area contributed by atoms with Crippen molar-refractivity contribution in [3.05, 3.63) is 0 Å². The Hall–Kier alpha value is -1.06. The van der Waals surface area contributed by atoms with Gasteiger partial charge >= 0.3 is 5.97 Å². The van der Waals surface area contributed by atoms with Gasteiger partial charge in [0.2, 0.25) is 5.91 Å². The molecule has 0 radical (unpaired) electrons. The van der Waals surface area contributed by atoms with Crippen LogP contribution in [0.15, 0.2) is 0 Å². The van der Waals surface area contributed by atoms with Crippen LogP contribution in [0.3, 0.4) is 0 Å². The number of carboxylic acids is 1. The second-order valence-electron chi connectivity index (χ2n) is 4.33. The monoisotopic (exact) mass is 197 g/mol. The van der Waals surface area contributed by atoms with Gasteiger partial charge in [0.05, 0.1) is 5.92 Å². The summed E-state index contributed by atoms with van der Waals surface area (Å²) in [5.74, 6) is -0.659. The first-order valence-electron chi connectivity index (χ1n) is 5.17. The van der Waals surface area contributed by atoms with Gasteiger partial charge in [-0.15, -0.1) is 0 Å². The molecule has 1 atom stereocenters. The summed E-state index contributed by atoms with van der Waals surface area (Å²) >= 11 is 0. The summed E-state index contributed by atoms with van der Waals surface area (Å²) in [6.07, 6.45) is 3.85. The maximum absolute atomic E-state index is 11.4. The van der Waals surface area contributed by atoms with Crippen molar-refractivity contribution in [3.8, 4) is 0 Å². The second kappa shape index (κ2) is 3.59. The maximum atomic E-state index is 11.4. The summed E-state index contributed by atoms with van der Waals surface area (Å²) in [6.45, 7) is 1.20. The number of rotatable bonds is 3. The van der Waals surface area contributed by atoms with Gasteiger partial charge in [0.15, 0.2) is 0 Å². The number of carbonyl (C=O) groups excluding carboxylic acids is 1. The first kappa shape index (κ1) is 9.49. The van der Waals surface area contributed by atoms with Crippen LogP contribution in [0.2, 0.25) is 0 Å². The number of amides is 1. The third kappa shape index (κ3) is 1.74. The fourth-order valence-electron chi connectivity index (χ4n) is 2.10. The van der Waals surface area contributed by atoms with Gasteiger partial charge in [-0.3, -0.25) is 9.59 Å². The van der Waals surface area contributed by atoms with Crippen LogP contribution < -0.4 is 0 Å². The number of aliphatic carboxylic acids is 1. The highest BCUT2D eigenvalue weighted by Crippen LogP contribution is 2.29. The van der Waals surface area contributed by atoms with Crippen LogP contribution in [0, 0.1) is 11.8 Å². The van der Waals surface area contributed by atoms with Gasteiger partial charge in [-0.25, -0.2) is 0 Å². The van der Waals surface area contributed by atoms with Crippen molar-refractivity contribution in [1.82, 2.24) is 4.90 Å². The summed E-state index contributed by atoms with van der Waals surface area (Å²) in [5, 5.41) is 8.78. The van der Waals surface area contributed by atoms with Gasteiger partial charge in [0.25, 0.3) is 0 Å². The Bertz CT molecular complexity index is 260. The summed E-state index contributed by atoms with van der Waals surface area (Å²) in [6, 6.07) is 0. The predicted octanol–water partition coefficient (Wildman–Crippen LogP) is 0.720. The highest BCUT2D eigenvalue weighted by atomic mass is 16.4. The molecule has 1 aliphatic heterocycles. The van der Waals surface area contributed by atoms with E-state index in [0.29, 0.717) is 12.5 Å². The van der Waals surface area contributed by atoms with Crippen LogP contribution in [0.1, 0.15) is 25.7 Å². The number of carboxylic acid groups (broad SMARTS) is 1. The molecule has 0 unspecified atom stereocenters. The van der Waals surface area contributed by atoms with Crippen LogP contribution in [0.4, 0.5) is 0 Å². The topological polar surface area (TPSA) is 57.6 Å². The smallest absolute Gasteiger partial charge is 0.308 e. The molecule has 14 heavy (non-hydrogen) atoms. The lowest BCUT2D eigenvalue weighted by molar-refractivity contribution is -0.141. The van der Waals surface area contributed by atoms with E-state index in [-0.39, 0.29) is 12.3 Å². The van der Waals surface area contributed by atoms with E-state index < -0.39 is 11.9 Å². The Kier molecular flexibility index (Phi) is 2.44. The summed E-state index contributed by atoms with van der Waals surface area (Å²) in [5.41, 5.74) is 0. The molecule has 2 fully saturated rings. The summed E-state index contributed by atoms with van der Waals surface area (Å²) < 4.78 is 0. The predicted molar refractivity (Wildman–Crippen MR) is 49.7 cm³/mol. The zero-order valence-corrected chi connectivity index (χ0v) is 8.11. The molecule has 2 rings (SSSR count). The zero-order chi connectivity index (χ0) is 10.1. The molecule has 0 aromatic rings. The molecule has 4 nitrogen and oxygen atoms in total. The van der Waals surface area contributed by atoms with Gasteiger partial charge in [-0.05, 0) is 18.8 Å². The molecule has 1 heterocycles. The largest absolute Gasteiger partial charge is 0.481 e. The van der Waals surface area contributed by atoms with Crippen molar-refractivity contribution in [3.63, 3.8) is 0 Å². The highest BCUT2D eigenvalue weighted by Gasteiger charge is 2.35. The van der Waals surface area contributed by atoms with E-state index >= 15 is 0 Å². The molecule has 4 heteroatoms. The molecule has 1 saturated carbocycles. The first-order chi connectivity index (χ1) is 6.66. The van der Waals surface area contributed by atoms with E-state index in [0.717, 1.165) is 6.54 Å². The average molecular weight is 197 g/mol. The molecule has 1 N–H and O–H groups in total. The van der Waals surface area contributed by atoms with Crippen LogP contribution in [-0.2, 0) is 9.59 Å². The summed E-state index contributed by atoms with van der Waals surface area (Å²) in [7, 11) is 0. The van der Waals surface area contributed by atoms with Gasteiger partial charge in [-0.1, -0.05) is 6.42 Å². The molecule has 1 saturated heterocycles. The van der Waals surface area contributed by atoms with Gasteiger partial charge in [0.1, 0.15) is 0 Å². The molecule has 1 amide bonds. The molecule has 0 bridgehead atoms. The van der Waals surface area contributed by atoms with Crippen LogP contribution >= 0.6 is 0 Å². The third-order valence-corrected chi connectivity index (χ3v) is 3.27. The Morgan fingerprint density at radius 3 is 2.64 bits per heavy atom. The lowest BCUT2D eigenvalue weighted by atomic mass is 9.85. The SMILES string of the molecule is O=C(O)[C@@H]1CC(=O)N(CC2CCC2)C1. The minimum Gasteiger partial charge on any atom is -0.481 e. The lowest BCUT2D eigenvalue weighted by Gasteiger charge is -2.29. The van der Waals surface area contributed by atoms with Crippen LogP contribution in [-0.4, -0.2) is 35.0 Å². The molecule has 0 aromatic heterocycles. The van der Waals surface area contributed by atoms with Gasteiger partial charge < -0.3 is 10.0 Å². The normalized spacial score (nSPS) is 27.9. The molecular formula is C10H15NO3. The molecular weight excluding hydrogens is 182 g/mol. The molecule has 0 aromatic carbocycles. The first-order valence-corrected chi connectivity index (χ1v) is 5.17. The molecule has 2 aliphatic rings. The molecule has 0 spiro atoms. The summed E-state index contributed by atoms with van der Waals surface area (Å²) in [4.78, 5) is 23.8. The Balaban J connectivity index is 1.87. The Morgan fingerprint density at radius 1 is 1.50 bits per heavy atom. The van der Waals surface area contributed by atoms with Crippen LogP contribution in [0.5, 0.6) is 0 Å². The van der Waals surface area contributed by atoms with E-state index in [1.807, 2.05) is 0 Å². The fraction of sp³-hybridized carbons (Fsp3) is 0.800. The fourth-order valence-corrected chi connectivity index (χ4v) is 2.10. The number of likely N-dealkylation sites (tertiary alicyclic amines) is 1. The zero-order valence-electron chi connectivity index (χ0n) is 8.11. The van der Waals surface area contributed by atoms with Crippen molar-refractivity contribution < 1.29 is 14.7 Å². The maximum Gasteiger partial charge on any atom is 0.308 e. The van der Waals surface area contributed by atoms with Crippen molar-refractivity contribution in [2.45, 2.75) is 25.7 Å². The van der Waals surface area contributed by atoms with E-state index in [2.05, 4.69) is 0 Å². The number of carbonyl (C=O) groups is 2.